The average Bonchev–Trinajstić information content (AvgIpc) is 2.86. The highest BCUT2D eigenvalue weighted by Crippen LogP contribution is 2.22. The van der Waals surface area contributed by atoms with Crippen molar-refractivity contribution in [2.45, 2.75) is 6.92 Å². The molecule has 0 fully saturated rings. The molecule has 82 valence electrons. The number of carbonyl (C=O) groups excluding carboxylic acids is 1. The number of nitro groups is 1. The van der Waals surface area contributed by atoms with Crippen molar-refractivity contribution in [3.8, 4) is 11.6 Å². The van der Waals surface area contributed by atoms with E-state index < -0.39 is 10.8 Å². The van der Waals surface area contributed by atoms with E-state index in [4.69, 9.17) is 4.42 Å². The minimum atomic E-state index is -0.661. The Morgan fingerprint density at radius 2 is 2.31 bits per heavy atom. The number of hydrogen-bond donors (Lipinski definition) is 0. The van der Waals surface area contributed by atoms with Crippen LogP contribution >= 0.6 is 0 Å². The first-order valence-electron chi connectivity index (χ1n) is 4.25. The van der Waals surface area contributed by atoms with Gasteiger partial charge in [-0.2, -0.15) is 4.68 Å². The average molecular weight is 222 g/mol. The van der Waals surface area contributed by atoms with Gasteiger partial charge in [-0.1, -0.05) is 0 Å². The molecule has 0 aliphatic heterocycles. The van der Waals surface area contributed by atoms with Crippen LogP contribution in [0.2, 0.25) is 0 Å². The highest BCUT2D eigenvalue weighted by Gasteiger charge is 2.16. The van der Waals surface area contributed by atoms with Crippen LogP contribution < -0.4 is 0 Å². The van der Waals surface area contributed by atoms with Gasteiger partial charge in [0.2, 0.25) is 11.7 Å². The lowest BCUT2D eigenvalue weighted by molar-refractivity contribution is -0.401. The quantitative estimate of drug-likeness (QED) is 0.556. The maximum absolute atomic E-state index is 10.9. The Hall–Kier alpha value is -2.51. The molecule has 0 unspecified atom stereocenters. The van der Waals surface area contributed by atoms with Crippen molar-refractivity contribution in [2.75, 3.05) is 0 Å². The number of nitrogens with zero attached hydrogens (tertiary/aromatic N) is 4. The summed E-state index contributed by atoms with van der Waals surface area (Å²) in [6, 6.07) is 2.57. The molecule has 0 spiro atoms. The molecule has 0 aliphatic carbocycles. The molecule has 0 atom stereocenters. The summed E-state index contributed by atoms with van der Waals surface area (Å²) in [4.78, 5) is 24.4. The third kappa shape index (κ3) is 1.67. The van der Waals surface area contributed by atoms with E-state index in [2.05, 4.69) is 10.1 Å². The molecule has 8 nitrogen and oxygen atoms in total. The third-order valence-electron chi connectivity index (χ3n) is 1.81. The Bertz CT molecular complexity index is 506. The van der Waals surface area contributed by atoms with E-state index in [1.807, 2.05) is 0 Å². The van der Waals surface area contributed by atoms with E-state index in [0.717, 1.165) is 4.68 Å². The minimum Gasteiger partial charge on any atom is -0.397 e. The predicted molar refractivity (Wildman–Crippen MR) is 50.7 cm³/mol. The third-order valence-corrected chi connectivity index (χ3v) is 1.81. The summed E-state index contributed by atoms with van der Waals surface area (Å²) < 4.78 is 5.89. The van der Waals surface area contributed by atoms with Crippen LogP contribution in [0.1, 0.15) is 11.7 Å². The van der Waals surface area contributed by atoms with Gasteiger partial charge in [0.15, 0.2) is 5.76 Å². The lowest BCUT2D eigenvalue weighted by atomic mass is 10.4. The van der Waals surface area contributed by atoms with Crippen LogP contribution in [0.3, 0.4) is 0 Å². The number of rotatable bonds is 2. The molecule has 8 heteroatoms. The summed E-state index contributed by atoms with van der Waals surface area (Å²) >= 11 is 0. The fourth-order valence-electron chi connectivity index (χ4n) is 1.07. The Kier molecular flexibility index (Phi) is 2.24. The molecular formula is C8H6N4O4. The number of hydrogen-bond acceptors (Lipinski definition) is 6. The number of aromatic nitrogens is 3. The van der Waals surface area contributed by atoms with Crippen LogP contribution in [0.5, 0.6) is 0 Å². The summed E-state index contributed by atoms with van der Waals surface area (Å²) in [5.74, 6) is -0.427. The highest BCUT2D eigenvalue weighted by molar-refractivity contribution is 5.75. The van der Waals surface area contributed by atoms with Gasteiger partial charge >= 0.3 is 5.88 Å². The van der Waals surface area contributed by atoms with Gasteiger partial charge < -0.3 is 4.42 Å². The molecular weight excluding hydrogens is 216 g/mol. The first-order valence-corrected chi connectivity index (χ1v) is 4.25. The van der Waals surface area contributed by atoms with Gasteiger partial charge in [0.1, 0.15) is 11.3 Å². The summed E-state index contributed by atoms with van der Waals surface area (Å²) in [5.41, 5.74) is 0. The van der Waals surface area contributed by atoms with Crippen molar-refractivity contribution in [3.05, 3.63) is 28.6 Å². The molecule has 0 aliphatic rings. The van der Waals surface area contributed by atoms with Gasteiger partial charge in [-0.15, -0.1) is 5.10 Å². The maximum atomic E-state index is 10.9. The molecule has 0 saturated carbocycles. The lowest BCUT2D eigenvalue weighted by Gasteiger charge is -1.88. The molecule has 0 bridgehead atoms. The fourth-order valence-corrected chi connectivity index (χ4v) is 1.07. The largest absolute Gasteiger partial charge is 0.433 e. The second-order valence-corrected chi connectivity index (χ2v) is 2.93. The van der Waals surface area contributed by atoms with E-state index in [9.17, 15) is 14.9 Å². The normalized spacial score (nSPS) is 10.3. The molecule has 2 aromatic heterocycles. The van der Waals surface area contributed by atoms with Gasteiger partial charge in [0, 0.05) is 6.92 Å². The number of furan rings is 1. The van der Waals surface area contributed by atoms with Crippen LogP contribution in [0.4, 0.5) is 5.88 Å². The molecule has 0 saturated heterocycles. The summed E-state index contributed by atoms with van der Waals surface area (Å²) in [7, 11) is 0. The van der Waals surface area contributed by atoms with E-state index >= 15 is 0 Å². The summed E-state index contributed by atoms with van der Waals surface area (Å²) in [5, 5.41) is 14.2. The van der Waals surface area contributed by atoms with E-state index in [-0.39, 0.29) is 17.5 Å². The molecule has 2 rings (SSSR count). The van der Waals surface area contributed by atoms with Crippen molar-refractivity contribution < 1.29 is 14.1 Å². The van der Waals surface area contributed by atoms with Gasteiger partial charge in [0.05, 0.1) is 6.07 Å². The van der Waals surface area contributed by atoms with E-state index in [1.54, 1.807) is 0 Å². The van der Waals surface area contributed by atoms with Crippen molar-refractivity contribution in [2.24, 2.45) is 0 Å². The minimum absolute atomic E-state index is 0.128. The van der Waals surface area contributed by atoms with Crippen LogP contribution in [0.15, 0.2) is 22.9 Å². The zero-order valence-electron chi connectivity index (χ0n) is 8.15. The first kappa shape index (κ1) is 10.0. The molecule has 0 amide bonds. The van der Waals surface area contributed by atoms with E-state index in [0.29, 0.717) is 0 Å². The summed E-state index contributed by atoms with van der Waals surface area (Å²) in [6.07, 6.45) is 1.21. The van der Waals surface area contributed by atoms with Crippen molar-refractivity contribution >= 4 is 11.8 Å². The van der Waals surface area contributed by atoms with Crippen molar-refractivity contribution in [1.82, 2.24) is 14.8 Å². The zero-order valence-corrected chi connectivity index (χ0v) is 8.15. The molecule has 16 heavy (non-hydrogen) atoms. The number of carbonyl (C=O) groups is 1. The smallest absolute Gasteiger partial charge is 0.397 e. The van der Waals surface area contributed by atoms with Gasteiger partial charge in [-0.05, 0) is 6.07 Å². The summed E-state index contributed by atoms with van der Waals surface area (Å²) in [6.45, 7) is 1.32. The Morgan fingerprint density at radius 3 is 2.81 bits per heavy atom. The van der Waals surface area contributed by atoms with Crippen LogP contribution in [-0.2, 0) is 0 Å². The fraction of sp³-hybridized carbons (Fsp3) is 0.125. The van der Waals surface area contributed by atoms with Gasteiger partial charge in [0.25, 0.3) is 0 Å². The Balaban J connectivity index is 2.35. The molecule has 2 aromatic rings. The molecule has 2 heterocycles. The maximum Gasteiger partial charge on any atom is 0.433 e. The predicted octanol–water partition coefficient (Wildman–Crippen LogP) is 1.11. The first-order chi connectivity index (χ1) is 7.58. The van der Waals surface area contributed by atoms with Crippen LogP contribution in [-0.4, -0.2) is 25.6 Å². The lowest BCUT2D eigenvalue weighted by Crippen LogP contribution is -2.05. The van der Waals surface area contributed by atoms with E-state index in [1.165, 1.54) is 25.4 Å². The van der Waals surface area contributed by atoms with Crippen LogP contribution in [0, 0.1) is 10.1 Å². The topological polar surface area (TPSA) is 104 Å². The Morgan fingerprint density at radius 1 is 1.56 bits per heavy atom. The molecule has 0 aromatic carbocycles. The van der Waals surface area contributed by atoms with Crippen molar-refractivity contribution in [1.29, 1.82) is 0 Å². The monoisotopic (exact) mass is 222 g/mol. The highest BCUT2D eigenvalue weighted by atomic mass is 16.6. The van der Waals surface area contributed by atoms with Crippen LogP contribution in [0.25, 0.3) is 11.6 Å². The second-order valence-electron chi connectivity index (χ2n) is 2.93. The van der Waals surface area contributed by atoms with Gasteiger partial charge in [-0.3, -0.25) is 14.9 Å². The van der Waals surface area contributed by atoms with Crippen molar-refractivity contribution in [3.63, 3.8) is 0 Å². The molecule has 0 radical (unpaired) electrons. The standard InChI is InChI=1S/C8H6N4O4/c1-5(13)11-4-9-8(10-11)6-2-3-7(16-6)12(14)15/h2-4H,1H3. The second kappa shape index (κ2) is 3.57. The zero-order chi connectivity index (χ0) is 11.7. The molecule has 0 N–H and O–H groups in total. The SMILES string of the molecule is CC(=O)n1cnc(-c2ccc([N+](=O)[O-])o2)n1. The Labute approximate surface area is 88.7 Å². The van der Waals surface area contributed by atoms with Gasteiger partial charge in [-0.25, -0.2) is 4.98 Å².